The summed E-state index contributed by atoms with van der Waals surface area (Å²) in [6, 6.07) is 0. The molecule has 8 heteroatoms. The Bertz CT molecular complexity index is 677. The van der Waals surface area contributed by atoms with Gasteiger partial charge in [-0.2, -0.15) is 0 Å². The molecule has 7 nitrogen and oxygen atoms in total. The number of carbonyl (C=O) groups is 1. The van der Waals surface area contributed by atoms with Crippen LogP contribution in [0.3, 0.4) is 0 Å². The average molecular weight is 428 g/mol. The number of hydrogen-bond donors (Lipinski definition) is 3. The zero-order chi connectivity index (χ0) is 22.0. The summed E-state index contributed by atoms with van der Waals surface area (Å²) in [7, 11) is -4.73. The second kappa shape index (κ2) is 12.3. The van der Waals surface area contributed by atoms with Gasteiger partial charge >= 0.3 is 13.8 Å². The molecule has 1 aliphatic heterocycles. The topological polar surface area (TPSA) is 113 Å². The minimum absolute atomic E-state index is 0.0366. The van der Waals surface area contributed by atoms with E-state index in [9.17, 15) is 24.3 Å². The minimum Gasteiger partial charge on any atom is -0.458 e. The second-order valence-corrected chi connectivity index (χ2v) is 8.65. The smallest absolute Gasteiger partial charge is 0.458 e. The fraction of sp³-hybridized carbons (Fsp3) is 0.571. The Morgan fingerprint density at radius 1 is 1.21 bits per heavy atom. The van der Waals surface area contributed by atoms with Crippen molar-refractivity contribution in [2.24, 2.45) is 17.8 Å². The Kier molecular flexibility index (Phi) is 10.8. The monoisotopic (exact) mass is 428 g/mol. The van der Waals surface area contributed by atoms with Crippen LogP contribution in [-0.4, -0.2) is 39.2 Å². The molecule has 1 aliphatic rings. The Labute approximate surface area is 173 Å². The van der Waals surface area contributed by atoms with Crippen molar-refractivity contribution < 1.29 is 33.5 Å². The van der Waals surface area contributed by atoms with Gasteiger partial charge in [-0.1, -0.05) is 63.3 Å². The minimum atomic E-state index is -4.73. The predicted octanol–water partition coefficient (Wildman–Crippen LogP) is 3.68. The van der Waals surface area contributed by atoms with Crippen LogP contribution in [0.1, 0.15) is 40.5 Å². The van der Waals surface area contributed by atoms with E-state index in [-0.39, 0.29) is 23.9 Å². The lowest BCUT2D eigenvalue weighted by molar-refractivity contribution is -0.149. The van der Waals surface area contributed by atoms with E-state index in [2.05, 4.69) is 0 Å². The lowest BCUT2D eigenvalue weighted by Crippen LogP contribution is -2.35. The quantitative estimate of drug-likeness (QED) is 0.261. The first-order chi connectivity index (χ1) is 13.5. The molecule has 0 aliphatic carbocycles. The average Bonchev–Trinajstić information content (AvgIpc) is 2.64. The third-order valence-corrected chi connectivity index (χ3v) is 5.55. The van der Waals surface area contributed by atoms with Crippen molar-refractivity contribution in [1.82, 2.24) is 0 Å². The van der Waals surface area contributed by atoms with E-state index >= 15 is 0 Å². The zero-order valence-electron chi connectivity index (χ0n) is 17.4. The lowest BCUT2D eigenvalue weighted by atomic mass is 9.85. The number of aliphatic hydroxyl groups is 1. The van der Waals surface area contributed by atoms with Crippen molar-refractivity contribution in [3.05, 3.63) is 48.6 Å². The molecule has 1 rings (SSSR count). The Balaban J connectivity index is 2.77. The molecule has 0 amide bonds. The molecule has 0 aromatic carbocycles. The van der Waals surface area contributed by atoms with Crippen LogP contribution in [0.25, 0.3) is 0 Å². The highest BCUT2D eigenvalue weighted by molar-refractivity contribution is 7.46. The van der Waals surface area contributed by atoms with Crippen LogP contribution >= 0.6 is 7.82 Å². The highest BCUT2D eigenvalue weighted by Crippen LogP contribution is 2.41. The van der Waals surface area contributed by atoms with Crippen LogP contribution in [0.2, 0.25) is 0 Å². The fourth-order valence-corrected chi connectivity index (χ4v) is 3.90. The molecule has 0 aromatic heterocycles. The Morgan fingerprint density at radius 2 is 1.86 bits per heavy atom. The second-order valence-electron chi connectivity index (χ2n) is 7.45. The van der Waals surface area contributed by atoms with E-state index in [0.717, 1.165) is 0 Å². The predicted molar refractivity (Wildman–Crippen MR) is 112 cm³/mol. The number of aliphatic hydroxyl groups excluding tert-OH is 1. The molecule has 0 saturated heterocycles. The SMILES string of the molecule is C/C=C/C=C\C=C/[C@H](O)[C@H](C)[C@H](CC[C@H](C)[C@H]1OC(=O)C=C[C@@H]1C)OP(=O)(O)O. The van der Waals surface area contributed by atoms with Gasteiger partial charge in [-0.3, -0.25) is 4.52 Å². The summed E-state index contributed by atoms with van der Waals surface area (Å²) >= 11 is 0. The van der Waals surface area contributed by atoms with Crippen LogP contribution in [0.4, 0.5) is 0 Å². The van der Waals surface area contributed by atoms with Gasteiger partial charge in [0.05, 0.1) is 12.2 Å². The van der Waals surface area contributed by atoms with Gasteiger partial charge in [-0.05, 0) is 25.7 Å². The maximum atomic E-state index is 11.5. The summed E-state index contributed by atoms with van der Waals surface area (Å²) < 4.78 is 21.8. The molecule has 6 atom stereocenters. The van der Waals surface area contributed by atoms with Crippen molar-refractivity contribution in [1.29, 1.82) is 0 Å². The highest BCUT2D eigenvalue weighted by Gasteiger charge is 2.33. The van der Waals surface area contributed by atoms with E-state index in [1.165, 1.54) is 6.08 Å². The van der Waals surface area contributed by atoms with Crippen LogP contribution in [0.5, 0.6) is 0 Å². The molecule has 0 aromatic rings. The standard InChI is InChI=1S/C21H33O7P/c1-5-6-7-8-9-10-18(22)17(4)19(28-29(24,25)26)13-11-15(2)21-16(3)12-14-20(23)27-21/h5-10,12,14-19,21-22H,11,13H2,1-4H3,(H2,24,25,26)/b6-5+,8-7-,10-9-/t15-,16-,17-,18-,19-,21+/m0/s1. The number of allylic oxidation sites excluding steroid dienone is 5. The number of phosphoric ester groups is 1. The van der Waals surface area contributed by atoms with Crippen molar-refractivity contribution in [3.8, 4) is 0 Å². The summed E-state index contributed by atoms with van der Waals surface area (Å²) in [6.45, 7) is 7.45. The molecule has 0 radical (unpaired) electrons. The largest absolute Gasteiger partial charge is 0.469 e. The first-order valence-electron chi connectivity index (χ1n) is 9.82. The summed E-state index contributed by atoms with van der Waals surface area (Å²) in [6.07, 6.45) is 12.4. The van der Waals surface area contributed by atoms with E-state index in [1.807, 2.05) is 32.9 Å². The molecule has 1 heterocycles. The van der Waals surface area contributed by atoms with Crippen molar-refractivity contribution in [2.45, 2.75) is 58.8 Å². The van der Waals surface area contributed by atoms with Crippen LogP contribution < -0.4 is 0 Å². The van der Waals surface area contributed by atoms with Crippen LogP contribution in [0.15, 0.2) is 48.6 Å². The number of carbonyl (C=O) groups excluding carboxylic acids is 1. The zero-order valence-corrected chi connectivity index (χ0v) is 18.3. The van der Waals surface area contributed by atoms with Crippen molar-refractivity contribution in [3.63, 3.8) is 0 Å². The third kappa shape index (κ3) is 9.70. The van der Waals surface area contributed by atoms with Crippen molar-refractivity contribution >= 4 is 13.8 Å². The van der Waals surface area contributed by atoms with Crippen molar-refractivity contribution in [2.75, 3.05) is 0 Å². The molecular formula is C21H33O7P. The van der Waals surface area contributed by atoms with E-state index in [0.29, 0.717) is 12.8 Å². The lowest BCUT2D eigenvalue weighted by Gasteiger charge is -2.32. The van der Waals surface area contributed by atoms with E-state index in [1.54, 1.807) is 37.3 Å². The number of rotatable bonds is 11. The van der Waals surface area contributed by atoms with Gasteiger partial charge in [0, 0.05) is 17.9 Å². The molecule has 3 N–H and O–H groups in total. The van der Waals surface area contributed by atoms with Gasteiger partial charge in [0.15, 0.2) is 0 Å². The molecule has 0 spiro atoms. The molecule has 0 bridgehead atoms. The van der Waals surface area contributed by atoms with Crippen LogP contribution in [-0.2, 0) is 18.6 Å². The molecule has 0 unspecified atom stereocenters. The highest BCUT2D eigenvalue weighted by atomic mass is 31.2. The number of hydrogen-bond acceptors (Lipinski definition) is 5. The first kappa shape index (κ1) is 25.5. The summed E-state index contributed by atoms with van der Waals surface area (Å²) in [5.74, 6) is -0.917. The van der Waals surface area contributed by atoms with Gasteiger partial charge < -0.3 is 19.6 Å². The maximum Gasteiger partial charge on any atom is 0.469 e. The van der Waals surface area contributed by atoms with Gasteiger partial charge in [-0.25, -0.2) is 9.36 Å². The maximum absolute atomic E-state index is 11.5. The Hall–Kier alpha value is -1.50. The summed E-state index contributed by atoms with van der Waals surface area (Å²) in [4.78, 5) is 30.1. The molecule has 0 fully saturated rings. The number of cyclic esters (lactones) is 1. The fourth-order valence-electron chi connectivity index (χ4n) is 3.25. The van der Waals surface area contributed by atoms with Gasteiger partial charge in [-0.15, -0.1) is 0 Å². The van der Waals surface area contributed by atoms with Gasteiger partial charge in [0.1, 0.15) is 6.10 Å². The Morgan fingerprint density at radius 3 is 2.48 bits per heavy atom. The summed E-state index contributed by atoms with van der Waals surface area (Å²) in [5.41, 5.74) is 0. The molecular weight excluding hydrogens is 395 g/mol. The number of phosphoric acid groups is 1. The normalized spacial score (nSPS) is 24.9. The van der Waals surface area contributed by atoms with E-state index in [4.69, 9.17) is 9.26 Å². The summed E-state index contributed by atoms with van der Waals surface area (Å²) in [5, 5.41) is 10.4. The third-order valence-electron chi connectivity index (χ3n) is 5.01. The van der Waals surface area contributed by atoms with E-state index < -0.39 is 25.9 Å². The molecule has 164 valence electrons. The molecule has 0 saturated carbocycles. The molecule has 29 heavy (non-hydrogen) atoms. The number of ether oxygens (including phenoxy) is 1. The van der Waals surface area contributed by atoms with Gasteiger partial charge in [0.2, 0.25) is 0 Å². The van der Waals surface area contributed by atoms with Crippen LogP contribution in [0, 0.1) is 17.8 Å². The first-order valence-corrected chi connectivity index (χ1v) is 11.3. The van der Waals surface area contributed by atoms with Gasteiger partial charge in [0.25, 0.3) is 0 Å². The number of esters is 1.